The fourth-order valence-electron chi connectivity index (χ4n) is 4.31. The Morgan fingerprint density at radius 1 is 1.20 bits per heavy atom. The minimum atomic E-state index is 0.0309. The van der Waals surface area contributed by atoms with Crippen molar-refractivity contribution in [2.45, 2.75) is 50.6 Å². The second kappa shape index (κ2) is 6.50. The van der Waals surface area contributed by atoms with Crippen LogP contribution in [0.5, 0.6) is 0 Å². The zero-order chi connectivity index (χ0) is 17.4. The lowest BCUT2D eigenvalue weighted by atomic mass is 10.1. The molecule has 6 heteroatoms. The second-order valence-electron chi connectivity index (χ2n) is 7.19. The molecule has 0 saturated carbocycles. The van der Waals surface area contributed by atoms with Crippen molar-refractivity contribution in [2.75, 3.05) is 18.0 Å². The van der Waals surface area contributed by atoms with E-state index in [0.717, 1.165) is 37.1 Å². The average molecular weight is 341 g/mol. The lowest BCUT2D eigenvalue weighted by molar-refractivity contribution is -0.133. The van der Waals surface area contributed by atoms with E-state index in [1.165, 1.54) is 0 Å². The van der Waals surface area contributed by atoms with Crippen LogP contribution in [0.1, 0.15) is 37.7 Å². The molecule has 25 heavy (non-hydrogen) atoms. The number of hydrogen-bond donors (Lipinski definition) is 1. The Kier molecular flexibility index (Phi) is 4.19. The molecule has 3 fully saturated rings. The summed E-state index contributed by atoms with van der Waals surface area (Å²) in [5, 5.41) is 2.90. The first-order valence-electron chi connectivity index (χ1n) is 9.09. The van der Waals surface area contributed by atoms with Gasteiger partial charge in [0.25, 0.3) is 0 Å². The first-order valence-corrected chi connectivity index (χ1v) is 9.09. The summed E-state index contributed by atoms with van der Waals surface area (Å²) in [5.41, 5.74) is 1.80. The summed E-state index contributed by atoms with van der Waals surface area (Å²) in [6, 6.07) is 7.87. The van der Waals surface area contributed by atoms with Gasteiger partial charge in [-0.25, -0.2) is 0 Å². The van der Waals surface area contributed by atoms with Crippen LogP contribution in [-0.2, 0) is 20.8 Å². The first-order chi connectivity index (χ1) is 12.1. The van der Waals surface area contributed by atoms with Gasteiger partial charge in [0, 0.05) is 43.7 Å². The van der Waals surface area contributed by atoms with Crippen molar-refractivity contribution in [3.05, 3.63) is 29.8 Å². The summed E-state index contributed by atoms with van der Waals surface area (Å²) in [7, 11) is 0. The first kappa shape index (κ1) is 16.1. The van der Waals surface area contributed by atoms with Crippen LogP contribution in [0.25, 0.3) is 0 Å². The van der Waals surface area contributed by atoms with Crippen molar-refractivity contribution in [1.29, 1.82) is 0 Å². The van der Waals surface area contributed by atoms with Gasteiger partial charge in [0.2, 0.25) is 17.7 Å². The van der Waals surface area contributed by atoms with Gasteiger partial charge in [-0.3, -0.25) is 14.4 Å². The highest BCUT2D eigenvalue weighted by molar-refractivity contribution is 5.95. The molecule has 0 aliphatic carbocycles. The SMILES string of the molecule is O=C1CC2CCC(CN1)N2C(=O)Cc1cccc(N2CCCC2=O)c1. The number of amides is 3. The summed E-state index contributed by atoms with van der Waals surface area (Å²) < 4.78 is 0. The van der Waals surface area contributed by atoms with Crippen LogP contribution in [0.2, 0.25) is 0 Å². The van der Waals surface area contributed by atoms with Gasteiger partial charge in [-0.05, 0) is 37.0 Å². The van der Waals surface area contributed by atoms with Crippen molar-refractivity contribution in [1.82, 2.24) is 10.2 Å². The predicted molar refractivity (Wildman–Crippen MR) is 93.0 cm³/mol. The number of hydrogen-bond acceptors (Lipinski definition) is 3. The van der Waals surface area contributed by atoms with E-state index in [1.807, 2.05) is 29.2 Å². The van der Waals surface area contributed by atoms with Gasteiger partial charge in [0.05, 0.1) is 6.42 Å². The minimum Gasteiger partial charge on any atom is -0.354 e. The molecule has 1 aromatic rings. The molecule has 4 rings (SSSR count). The average Bonchev–Trinajstić information content (AvgIpc) is 3.14. The van der Waals surface area contributed by atoms with E-state index >= 15 is 0 Å². The molecule has 3 saturated heterocycles. The van der Waals surface area contributed by atoms with E-state index in [4.69, 9.17) is 0 Å². The normalized spacial score (nSPS) is 25.9. The van der Waals surface area contributed by atoms with Gasteiger partial charge in [0.1, 0.15) is 0 Å². The highest BCUT2D eigenvalue weighted by Crippen LogP contribution is 2.29. The van der Waals surface area contributed by atoms with Crippen molar-refractivity contribution in [2.24, 2.45) is 0 Å². The van der Waals surface area contributed by atoms with E-state index in [2.05, 4.69) is 5.32 Å². The maximum Gasteiger partial charge on any atom is 0.227 e. The van der Waals surface area contributed by atoms with Crippen LogP contribution in [0.3, 0.4) is 0 Å². The largest absolute Gasteiger partial charge is 0.354 e. The Morgan fingerprint density at radius 2 is 2.04 bits per heavy atom. The molecule has 3 aliphatic heterocycles. The second-order valence-corrected chi connectivity index (χ2v) is 7.19. The van der Waals surface area contributed by atoms with Crippen molar-refractivity contribution in [3.63, 3.8) is 0 Å². The standard InChI is InChI=1S/C19H23N3O3/c23-17-11-15-6-7-16(12-20-17)22(15)19(25)10-13-3-1-4-14(9-13)21-8-2-5-18(21)24/h1,3-4,9,15-16H,2,5-8,10-12H2,(H,20,23). The number of carbonyl (C=O) groups is 3. The van der Waals surface area contributed by atoms with Crippen LogP contribution in [0.4, 0.5) is 5.69 Å². The zero-order valence-corrected chi connectivity index (χ0v) is 14.2. The molecule has 0 aromatic heterocycles. The Hall–Kier alpha value is -2.37. The van der Waals surface area contributed by atoms with Gasteiger partial charge >= 0.3 is 0 Å². The Morgan fingerprint density at radius 3 is 2.84 bits per heavy atom. The summed E-state index contributed by atoms with van der Waals surface area (Å²) >= 11 is 0. The fraction of sp³-hybridized carbons (Fsp3) is 0.526. The van der Waals surface area contributed by atoms with Crippen molar-refractivity contribution < 1.29 is 14.4 Å². The molecule has 2 unspecified atom stereocenters. The zero-order valence-electron chi connectivity index (χ0n) is 14.2. The van der Waals surface area contributed by atoms with E-state index in [-0.39, 0.29) is 29.8 Å². The van der Waals surface area contributed by atoms with Gasteiger partial charge < -0.3 is 15.1 Å². The Bertz CT molecular complexity index is 718. The van der Waals surface area contributed by atoms with E-state index in [1.54, 1.807) is 4.90 Å². The summed E-state index contributed by atoms with van der Waals surface area (Å²) in [4.78, 5) is 40.3. The van der Waals surface area contributed by atoms with Crippen LogP contribution >= 0.6 is 0 Å². The number of nitrogens with one attached hydrogen (secondary N) is 1. The van der Waals surface area contributed by atoms with E-state index in [9.17, 15) is 14.4 Å². The molecule has 2 atom stereocenters. The van der Waals surface area contributed by atoms with Crippen LogP contribution in [0, 0.1) is 0 Å². The summed E-state index contributed by atoms with van der Waals surface area (Å²) in [6.07, 6.45) is 4.08. The minimum absolute atomic E-state index is 0.0309. The van der Waals surface area contributed by atoms with Gasteiger partial charge in [-0.2, -0.15) is 0 Å². The van der Waals surface area contributed by atoms with Gasteiger partial charge in [-0.15, -0.1) is 0 Å². The maximum absolute atomic E-state index is 12.9. The molecular weight excluding hydrogens is 318 g/mol. The summed E-state index contributed by atoms with van der Waals surface area (Å²) in [6.45, 7) is 1.31. The summed E-state index contributed by atoms with van der Waals surface area (Å²) in [5.74, 6) is 0.270. The van der Waals surface area contributed by atoms with Crippen LogP contribution in [-0.4, -0.2) is 47.8 Å². The molecule has 3 amide bonds. The number of rotatable bonds is 3. The quantitative estimate of drug-likeness (QED) is 0.899. The van der Waals surface area contributed by atoms with E-state index in [0.29, 0.717) is 25.8 Å². The monoisotopic (exact) mass is 341 g/mol. The third kappa shape index (κ3) is 3.13. The number of fused-ring (bicyclic) bond motifs is 2. The number of carbonyl (C=O) groups excluding carboxylic acids is 3. The highest BCUT2D eigenvalue weighted by Gasteiger charge is 2.39. The molecular formula is C19H23N3O3. The smallest absolute Gasteiger partial charge is 0.227 e. The number of benzene rings is 1. The molecule has 1 N–H and O–H groups in total. The molecule has 0 spiro atoms. The highest BCUT2D eigenvalue weighted by atomic mass is 16.2. The van der Waals surface area contributed by atoms with Gasteiger partial charge in [-0.1, -0.05) is 12.1 Å². The number of nitrogens with zero attached hydrogens (tertiary/aromatic N) is 2. The molecule has 3 aliphatic rings. The Balaban J connectivity index is 1.49. The third-order valence-electron chi connectivity index (χ3n) is 5.51. The van der Waals surface area contributed by atoms with E-state index < -0.39 is 0 Å². The molecule has 1 aromatic carbocycles. The van der Waals surface area contributed by atoms with Crippen LogP contribution in [0.15, 0.2) is 24.3 Å². The topological polar surface area (TPSA) is 69.7 Å². The lowest BCUT2D eigenvalue weighted by Gasteiger charge is -2.27. The lowest BCUT2D eigenvalue weighted by Crippen LogP contribution is -2.43. The predicted octanol–water partition coefficient (Wildman–Crippen LogP) is 1.24. The molecule has 6 nitrogen and oxygen atoms in total. The fourth-order valence-corrected chi connectivity index (χ4v) is 4.31. The molecule has 3 heterocycles. The Labute approximate surface area is 147 Å². The molecule has 0 radical (unpaired) electrons. The molecule has 2 bridgehead atoms. The van der Waals surface area contributed by atoms with Crippen molar-refractivity contribution in [3.8, 4) is 0 Å². The maximum atomic E-state index is 12.9. The number of anilines is 1. The van der Waals surface area contributed by atoms with Crippen molar-refractivity contribution >= 4 is 23.4 Å². The van der Waals surface area contributed by atoms with Crippen LogP contribution < -0.4 is 10.2 Å². The van der Waals surface area contributed by atoms with Gasteiger partial charge in [0.15, 0.2) is 0 Å². The molecule has 132 valence electrons. The third-order valence-corrected chi connectivity index (χ3v) is 5.51.